The lowest BCUT2D eigenvalue weighted by molar-refractivity contribution is 0.369. The Bertz CT molecular complexity index is 335. The number of methoxy groups -OCH3 is 1. The van der Waals surface area contributed by atoms with Crippen molar-refractivity contribution in [1.29, 1.82) is 0 Å². The molecule has 98 valence electrons. The minimum Gasteiger partial charge on any atom is -0.481 e. The van der Waals surface area contributed by atoms with Gasteiger partial charge in [-0.05, 0) is 24.9 Å². The molecule has 5 nitrogen and oxygen atoms in total. The summed E-state index contributed by atoms with van der Waals surface area (Å²) in [5.74, 6) is 1.90. The van der Waals surface area contributed by atoms with E-state index >= 15 is 0 Å². The van der Waals surface area contributed by atoms with Crippen LogP contribution in [0.2, 0.25) is 0 Å². The second kappa shape index (κ2) is 6.61. The molecular weight excluding hydrogens is 216 g/mol. The minimum absolute atomic E-state index is 0.514. The quantitative estimate of drug-likeness (QED) is 0.738. The third kappa shape index (κ3) is 4.02. The fourth-order valence-electron chi connectivity index (χ4n) is 1.76. The van der Waals surface area contributed by atoms with Crippen LogP contribution in [0.5, 0.6) is 5.88 Å². The molecule has 0 saturated carbocycles. The molecule has 0 amide bonds. The summed E-state index contributed by atoms with van der Waals surface area (Å²) in [5, 5.41) is 7.73. The third-order valence-electron chi connectivity index (χ3n) is 3.05. The van der Waals surface area contributed by atoms with Crippen LogP contribution in [0.25, 0.3) is 0 Å². The van der Waals surface area contributed by atoms with Crippen molar-refractivity contribution in [3.63, 3.8) is 0 Å². The van der Waals surface area contributed by atoms with Gasteiger partial charge in [-0.2, -0.15) is 5.10 Å². The lowest BCUT2D eigenvalue weighted by Crippen LogP contribution is -2.31. The smallest absolute Gasteiger partial charge is 0.211 e. The van der Waals surface area contributed by atoms with E-state index in [4.69, 9.17) is 10.5 Å². The second-order valence-electron chi connectivity index (χ2n) is 4.67. The van der Waals surface area contributed by atoms with Gasteiger partial charge >= 0.3 is 0 Å². The molecule has 0 aliphatic carbocycles. The zero-order valence-corrected chi connectivity index (χ0v) is 11.2. The highest BCUT2D eigenvalue weighted by Crippen LogP contribution is 2.11. The molecule has 0 radical (unpaired) electrons. The summed E-state index contributed by atoms with van der Waals surface area (Å²) in [6.07, 6.45) is 0. The highest BCUT2D eigenvalue weighted by molar-refractivity contribution is 5.15. The maximum absolute atomic E-state index is 5.72. The highest BCUT2D eigenvalue weighted by Gasteiger charge is 2.11. The van der Waals surface area contributed by atoms with Crippen molar-refractivity contribution in [3.05, 3.63) is 11.8 Å². The number of ether oxygens (including phenoxy) is 1. The molecule has 1 heterocycles. The molecule has 5 heteroatoms. The van der Waals surface area contributed by atoms with E-state index in [0.29, 0.717) is 11.8 Å². The number of nitrogens with one attached hydrogen (secondary N) is 1. The van der Waals surface area contributed by atoms with Crippen LogP contribution in [-0.2, 0) is 13.6 Å². The number of hydrogen-bond donors (Lipinski definition) is 2. The fourth-order valence-corrected chi connectivity index (χ4v) is 1.76. The Morgan fingerprint density at radius 3 is 2.71 bits per heavy atom. The first-order valence-electron chi connectivity index (χ1n) is 6.06. The van der Waals surface area contributed by atoms with Gasteiger partial charge in [0.05, 0.1) is 12.8 Å². The van der Waals surface area contributed by atoms with Crippen LogP contribution < -0.4 is 15.8 Å². The first kappa shape index (κ1) is 14.0. The monoisotopic (exact) mass is 240 g/mol. The van der Waals surface area contributed by atoms with Crippen molar-refractivity contribution in [2.45, 2.75) is 20.4 Å². The van der Waals surface area contributed by atoms with Gasteiger partial charge in [-0.3, -0.25) is 0 Å². The van der Waals surface area contributed by atoms with Gasteiger partial charge in [0.1, 0.15) is 0 Å². The predicted octanol–water partition coefficient (Wildman–Crippen LogP) is 0.749. The molecule has 0 aliphatic heterocycles. The van der Waals surface area contributed by atoms with Crippen molar-refractivity contribution in [3.8, 4) is 5.88 Å². The molecule has 0 bridgehead atoms. The Balaban J connectivity index is 2.39. The second-order valence-corrected chi connectivity index (χ2v) is 4.67. The zero-order chi connectivity index (χ0) is 12.8. The predicted molar refractivity (Wildman–Crippen MR) is 68.8 cm³/mol. The topological polar surface area (TPSA) is 65.1 Å². The average molecular weight is 240 g/mol. The molecule has 0 saturated heterocycles. The Labute approximate surface area is 103 Å². The number of aryl methyl sites for hydroxylation is 1. The van der Waals surface area contributed by atoms with Gasteiger partial charge in [0.2, 0.25) is 5.88 Å². The molecule has 1 aromatic rings. The standard InChI is InChI=1S/C12H24N4O/c1-9(2)10(6-13)7-14-8-11-5-12(17-4)16(3)15-11/h5,9-10,14H,6-8,13H2,1-4H3. The summed E-state index contributed by atoms with van der Waals surface area (Å²) in [4.78, 5) is 0. The molecule has 0 fully saturated rings. The van der Waals surface area contributed by atoms with Crippen LogP contribution in [0.15, 0.2) is 6.07 Å². The molecule has 1 rings (SSSR count). The number of rotatable bonds is 7. The molecule has 0 aromatic carbocycles. The lowest BCUT2D eigenvalue weighted by atomic mass is 9.96. The van der Waals surface area contributed by atoms with Crippen LogP contribution in [0.1, 0.15) is 19.5 Å². The molecular formula is C12H24N4O. The largest absolute Gasteiger partial charge is 0.481 e. The molecule has 0 aliphatic rings. The summed E-state index contributed by atoms with van der Waals surface area (Å²) in [6.45, 7) is 6.79. The molecule has 3 N–H and O–H groups in total. The van der Waals surface area contributed by atoms with E-state index in [-0.39, 0.29) is 0 Å². The summed E-state index contributed by atoms with van der Waals surface area (Å²) < 4.78 is 6.90. The molecule has 0 spiro atoms. The highest BCUT2D eigenvalue weighted by atomic mass is 16.5. The van der Waals surface area contributed by atoms with E-state index in [1.807, 2.05) is 13.1 Å². The van der Waals surface area contributed by atoms with Crippen LogP contribution in [0.3, 0.4) is 0 Å². The number of nitrogens with zero attached hydrogens (tertiary/aromatic N) is 2. The van der Waals surface area contributed by atoms with Gasteiger partial charge in [0.25, 0.3) is 0 Å². The van der Waals surface area contributed by atoms with Gasteiger partial charge in [-0.25, -0.2) is 4.68 Å². The Morgan fingerprint density at radius 1 is 1.53 bits per heavy atom. The molecule has 17 heavy (non-hydrogen) atoms. The number of nitrogens with two attached hydrogens (primary N) is 1. The maximum atomic E-state index is 5.72. The lowest BCUT2D eigenvalue weighted by Gasteiger charge is -2.18. The zero-order valence-electron chi connectivity index (χ0n) is 11.2. The van der Waals surface area contributed by atoms with Gasteiger partial charge in [0, 0.05) is 19.7 Å². The summed E-state index contributed by atoms with van der Waals surface area (Å²) >= 11 is 0. The summed E-state index contributed by atoms with van der Waals surface area (Å²) in [5.41, 5.74) is 6.71. The van der Waals surface area contributed by atoms with Crippen LogP contribution in [0.4, 0.5) is 0 Å². The van der Waals surface area contributed by atoms with Gasteiger partial charge in [-0.15, -0.1) is 0 Å². The molecule has 1 aromatic heterocycles. The first-order valence-corrected chi connectivity index (χ1v) is 6.06. The van der Waals surface area contributed by atoms with Crippen molar-refractivity contribution in [1.82, 2.24) is 15.1 Å². The Hall–Kier alpha value is -1.07. The van der Waals surface area contributed by atoms with Crippen LogP contribution in [-0.4, -0.2) is 30.0 Å². The SMILES string of the molecule is COc1cc(CNCC(CN)C(C)C)nn1C. The molecule has 1 unspecified atom stereocenters. The van der Waals surface area contributed by atoms with Crippen LogP contribution in [0, 0.1) is 11.8 Å². The average Bonchev–Trinajstić information content (AvgIpc) is 2.64. The minimum atomic E-state index is 0.514. The first-order chi connectivity index (χ1) is 8.08. The van der Waals surface area contributed by atoms with Crippen molar-refractivity contribution >= 4 is 0 Å². The van der Waals surface area contributed by atoms with E-state index in [2.05, 4.69) is 24.3 Å². The normalized spacial score (nSPS) is 13.1. The van der Waals surface area contributed by atoms with Crippen molar-refractivity contribution < 1.29 is 4.74 Å². The van der Waals surface area contributed by atoms with E-state index in [1.54, 1.807) is 11.8 Å². The van der Waals surface area contributed by atoms with Crippen molar-refractivity contribution in [2.24, 2.45) is 24.6 Å². The summed E-state index contributed by atoms with van der Waals surface area (Å²) in [7, 11) is 3.52. The van der Waals surface area contributed by atoms with Gasteiger partial charge in [0.15, 0.2) is 0 Å². The van der Waals surface area contributed by atoms with E-state index < -0.39 is 0 Å². The van der Waals surface area contributed by atoms with Gasteiger partial charge < -0.3 is 15.8 Å². The fraction of sp³-hybridized carbons (Fsp3) is 0.750. The van der Waals surface area contributed by atoms with E-state index in [0.717, 1.165) is 31.2 Å². The summed E-state index contributed by atoms with van der Waals surface area (Å²) in [6, 6.07) is 1.94. The third-order valence-corrected chi connectivity index (χ3v) is 3.05. The number of aromatic nitrogens is 2. The van der Waals surface area contributed by atoms with Crippen LogP contribution >= 0.6 is 0 Å². The van der Waals surface area contributed by atoms with Gasteiger partial charge in [-0.1, -0.05) is 13.8 Å². The van der Waals surface area contributed by atoms with Crippen molar-refractivity contribution in [2.75, 3.05) is 20.2 Å². The Kier molecular flexibility index (Phi) is 5.44. The van der Waals surface area contributed by atoms with E-state index in [9.17, 15) is 0 Å². The maximum Gasteiger partial charge on any atom is 0.211 e. The Morgan fingerprint density at radius 2 is 2.24 bits per heavy atom. The van der Waals surface area contributed by atoms with E-state index in [1.165, 1.54) is 0 Å². The molecule has 1 atom stereocenters. The number of hydrogen-bond acceptors (Lipinski definition) is 4.